The fraction of sp³-hybridized carbons (Fsp3) is 0.222. The first-order valence-corrected chi connectivity index (χ1v) is 12.2. The topological polar surface area (TPSA) is 108 Å². The number of ether oxygens (including phenoxy) is 2. The van der Waals surface area contributed by atoms with Crippen LogP contribution in [-0.4, -0.2) is 25.9 Å². The third-order valence-electron chi connectivity index (χ3n) is 6.09. The van der Waals surface area contributed by atoms with Crippen LogP contribution >= 0.6 is 11.8 Å². The Bertz CT molecular complexity index is 1510. The number of benzene rings is 3. The van der Waals surface area contributed by atoms with E-state index in [0.29, 0.717) is 23.3 Å². The van der Waals surface area contributed by atoms with Gasteiger partial charge in [0.15, 0.2) is 0 Å². The van der Waals surface area contributed by atoms with Gasteiger partial charge >= 0.3 is 0 Å². The predicted octanol–water partition coefficient (Wildman–Crippen LogP) is 5.04. The normalized spacial score (nSPS) is 17.8. The second kappa shape index (κ2) is 9.58. The van der Waals surface area contributed by atoms with Gasteiger partial charge in [0.25, 0.3) is 5.24 Å². The molecule has 0 spiro atoms. The molecule has 1 aliphatic rings. The number of imidazole rings is 1. The lowest BCUT2D eigenvalue weighted by Gasteiger charge is -2.11. The average molecular weight is 504 g/mol. The number of nitrogens with two attached hydrogens (primary N) is 1. The van der Waals surface area contributed by atoms with Crippen LogP contribution in [0.1, 0.15) is 23.9 Å². The smallest absolute Gasteiger partial charge is 0.286 e. The highest BCUT2D eigenvalue weighted by Gasteiger charge is 2.31. The number of nitrogens with zero attached hydrogens (tertiary/aromatic N) is 2. The second-order valence-electron chi connectivity index (χ2n) is 8.69. The number of aryl methyl sites for hydroxylation is 3. The summed E-state index contributed by atoms with van der Waals surface area (Å²) in [5, 5.41) is 0.136. The third-order valence-corrected chi connectivity index (χ3v) is 6.95. The molecule has 9 heteroatoms. The van der Waals surface area contributed by atoms with Gasteiger partial charge in [-0.3, -0.25) is 14.9 Å². The van der Waals surface area contributed by atoms with Gasteiger partial charge in [0, 0.05) is 18.8 Å². The number of fused-ring (bicyclic) bond motifs is 1. The number of hydrogen-bond acceptors (Lipinski definition) is 7. The van der Waals surface area contributed by atoms with Crippen molar-refractivity contribution in [2.75, 3.05) is 5.73 Å². The molecule has 36 heavy (non-hydrogen) atoms. The van der Waals surface area contributed by atoms with Crippen LogP contribution in [0.4, 0.5) is 10.5 Å². The maximum absolute atomic E-state index is 11.9. The molecule has 1 aromatic heterocycles. The minimum absolute atomic E-state index is 0.125. The molecule has 2 heterocycles. The van der Waals surface area contributed by atoms with Gasteiger partial charge in [0.05, 0.1) is 17.6 Å². The quantitative estimate of drug-likeness (QED) is 0.340. The Morgan fingerprint density at radius 1 is 1.06 bits per heavy atom. The van der Waals surface area contributed by atoms with Crippen molar-refractivity contribution in [1.82, 2.24) is 14.9 Å². The van der Waals surface area contributed by atoms with Gasteiger partial charge in [0.2, 0.25) is 5.91 Å². The van der Waals surface area contributed by atoms with Crippen molar-refractivity contribution in [2.24, 2.45) is 7.05 Å². The molecule has 1 saturated heterocycles. The van der Waals surface area contributed by atoms with E-state index in [1.807, 2.05) is 55.8 Å². The van der Waals surface area contributed by atoms with E-state index in [-0.39, 0.29) is 13.0 Å². The van der Waals surface area contributed by atoms with Crippen LogP contribution in [0.5, 0.6) is 17.2 Å². The average Bonchev–Trinajstić information content (AvgIpc) is 3.30. The zero-order chi connectivity index (χ0) is 26.3. The minimum Gasteiger partial charge on any atom is -0.486 e. The number of rotatable bonds is 7. The molecular formula is C27H26N4O4S. The Labute approximate surface area is 214 Å². The first-order valence-electron chi connectivity index (χ1n) is 11.9. The number of carbonyl (C=O) groups is 2. The molecule has 1 aliphatic heterocycles. The highest BCUT2D eigenvalue weighted by molar-refractivity contribution is 8.15. The second-order valence-corrected chi connectivity index (χ2v) is 9.75. The number of anilines is 1. The molecular weight excluding hydrogens is 476 g/mol. The van der Waals surface area contributed by atoms with Gasteiger partial charge in [-0.2, -0.15) is 0 Å². The van der Waals surface area contributed by atoms with Gasteiger partial charge in [-0.25, -0.2) is 4.98 Å². The number of aromatic nitrogens is 2. The first kappa shape index (κ1) is 22.5. The van der Waals surface area contributed by atoms with E-state index in [2.05, 4.69) is 10.3 Å². The summed E-state index contributed by atoms with van der Waals surface area (Å²) in [6.07, 6.45) is 0.125. The van der Waals surface area contributed by atoms with Gasteiger partial charge in [-0.05, 0) is 73.4 Å². The Kier molecular flexibility index (Phi) is 5.98. The maximum atomic E-state index is 11.9. The summed E-state index contributed by atoms with van der Waals surface area (Å²) in [6.45, 7) is 4.17. The predicted molar refractivity (Wildman–Crippen MR) is 141 cm³/mol. The molecule has 0 saturated carbocycles. The summed E-state index contributed by atoms with van der Waals surface area (Å²) < 4.78 is 22.3. The third kappa shape index (κ3) is 4.87. The van der Waals surface area contributed by atoms with Crippen LogP contribution in [0.25, 0.3) is 11.0 Å². The lowest BCUT2D eigenvalue weighted by Crippen LogP contribution is -2.25. The lowest BCUT2D eigenvalue weighted by molar-refractivity contribution is -0.118. The summed E-state index contributed by atoms with van der Waals surface area (Å²) in [7, 11) is 1.93. The van der Waals surface area contributed by atoms with Crippen molar-refractivity contribution in [3.8, 4) is 17.2 Å². The Morgan fingerprint density at radius 2 is 1.75 bits per heavy atom. The van der Waals surface area contributed by atoms with E-state index in [9.17, 15) is 9.59 Å². The fourth-order valence-corrected chi connectivity index (χ4v) is 4.79. The van der Waals surface area contributed by atoms with Crippen LogP contribution in [0.2, 0.25) is 0 Å². The van der Waals surface area contributed by atoms with Crippen LogP contribution in [0.15, 0.2) is 54.6 Å². The van der Waals surface area contributed by atoms with Crippen LogP contribution < -0.4 is 20.5 Å². The van der Waals surface area contributed by atoms with E-state index >= 15 is 0 Å². The number of nitrogen functional groups attached to an aromatic ring is 1. The van der Waals surface area contributed by atoms with Gasteiger partial charge in [-0.1, -0.05) is 23.9 Å². The van der Waals surface area contributed by atoms with Crippen molar-refractivity contribution in [2.45, 2.75) is 32.1 Å². The Balaban J connectivity index is 1.26. The van der Waals surface area contributed by atoms with E-state index in [0.717, 1.165) is 45.0 Å². The number of thioether (sulfide) groups is 1. The SMILES string of the molecule is [2H][C@@]1(Cc2ccc(OCc3nc4ccc(Oc5cc(C)c(N)c(C)c5)cc4n3C)cc2)SC(=O)NC1=O. The van der Waals surface area contributed by atoms with Gasteiger partial charge in [-0.15, -0.1) is 0 Å². The molecule has 1 fully saturated rings. The molecule has 1 atom stereocenters. The minimum atomic E-state index is -1.54. The summed E-state index contributed by atoms with van der Waals surface area (Å²) in [4.78, 5) is 28.0. The molecule has 0 bridgehead atoms. The van der Waals surface area contributed by atoms with E-state index in [1.54, 1.807) is 24.3 Å². The number of nitrogens with one attached hydrogen (secondary N) is 1. The first-order chi connectivity index (χ1) is 17.6. The molecule has 3 aromatic carbocycles. The van der Waals surface area contributed by atoms with E-state index in [4.69, 9.17) is 16.6 Å². The molecule has 5 rings (SSSR count). The molecule has 2 amide bonds. The Hall–Kier alpha value is -3.98. The standard InChI is InChI=1S/C27H26N4O4S/c1-15-10-20(11-16(2)25(15)28)35-19-8-9-21-22(13-19)31(3)24(29-21)14-34-18-6-4-17(5-7-18)12-23-26(32)30-27(33)36-23/h4-11,13,23H,12,14,28H2,1-3H3,(H,30,32,33)/t23-/m0/s1/i23D. The van der Waals surface area contributed by atoms with Crippen molar-refractivity contribution in [3.63, 3.8) is 0 Å². The fourth-order valence-electron chi connectivity index (χ4n) is 4.04. The van der Waals surface area contributed by atoms with Crippen molar-refractivity contribution in [1.29, 1.82) is 0 Å². The van der Waals surface area contributed by atoms with E-state index in [1.165, 1.54) is 0 Å². The largest absolute Gasteiger partial charge is 0.486 e. The molecule has 0 radical (unpaired) electrons. The molecule has 0 unspecified atom stereocenters. The van der Waals surface area contributed by atoms with Crippen LogP contribution in [-0.2, 0) is 24.9 Å². The number of carbonyl (C=O) groups excluding carboxylic acids is 2. The molecule has 0 aliphatic carbocycles. The molecule has 8 nitrogen and oxygen atoms in total. The maximum Gasteiger partial charge on any atom is 0.286 e. The van der Waals surface area contributed by atoms with Gasteiger partial charge < -0.3 is 19.8 Å². The number of imide groups is 1. The Morgan fingerprint density at radius 3 is 2.42 bits per heavy atom. The summed E-state index contributed by atoms with van der Waals surface area (Å²) in [5.41, 5.74) is 11.3. The molecule has 184 valence electrons. The zero-order valence-corrected chi connectivity index (χ0v) is 20.9. The van der Waals surface area contributed by atoms with Crippen molar-refractivity contribution < 1.29 is 20.4 Å². The highest BCUT2D eigenvalue weighted by Crippen LogP contribution is 2.30. The van der Waals surface area contributed by atoms with Gasteiger partial charge in [0.1, 0.15) is 29.7 Å². The molecule has 4 aromatic rings. The van der Waals surface area contributed by atoms with Crippen molar-refractivity contribution >= 4 is 39.6 Å². The summed E-state index contributed by atoms with van der Waals surface area (Å²) in [6, 6.07) is 16.7. The zero-order valence-electron chi connectivity index (χ0n) is 21.1. The number of amides is 2. The van der Waals surface area contributed by atoms with Crippen LogP contribution in [0.3, 0.4) is 0 Å². The number of hydrogen-bond donors (Lipinski definition) is 2. The van der Waals surface area contributed by atoms with Crippen LogP contribution in [0, 0.1) is 13.8 Å². The lowest BCUT2D eigenvalue weighted by atomic mass is 10.1. The van der Waals surface area contributed by atoms with Crippen molar-refractivity contribution in [3.05, 3.63) is 77.1 Å². The molecule has 3 N–H and O–H groups in total. The highest BCUT2D eigenvalue weighted by atomic mass is 32.2. The summed E-state index contributed by atoms with van der Waals surface area (Å²) in [5.74, 6) is 2.22. The summed E-state index contributed by atoms with van der Waals surface area (Å²) >= 11 is 0.700. The monoisotopic (exact) mass is 503 g/mol. The van der Waals surface area contributed by atoms with E-state index < -0.39 is 16.4 Å².